The number of carbonyl (C=O) groups excluding carboxylic acids is 1. The summed E-state index contributed by atoms with van der Waals surface area (Å²) in [6.45, 7) is 5.49. The number of carbonyl (C=O) groups is 1. The van der Waals surface area contributed by atoms with Crippen molar-refractivity contribution in [3.63, 3.8) is 0 Å². The second-order valence-electron chi connectivity index (χ2n) is 8.30. The van der Waals surface area contributed by atoms with E-state index in [9.17, 15) is 9.18 Å². The Balaban J connectivity index is 1.24. The van der Waals surface area contributed by atoms with E-state index in [0.29, 0.717) is 18.7 Å². The first-order valence-corrected chi connectivity index (χ1v) is 12.4. The first-order valence-electron chi connectivity index (χ1n) is 11.5. The van der Waals surface area contributed by atoms with E-state index >= 15 is 0 Å². The van der Waals surface area contributed by atoms with Crippen molar-refractivity contribution in [3.8, 4) is 11.2 Å². The Morgan fingerprint density at radius 2 is 1.76 bits per heavy atom. The molecule has 0 spiro atoms. The van der Waals surface area contributed by atoms with Gasteiger partial charge in [0.15, 0.2) is 6.10 Å². The minimum atomic E-state index is -0.528. The van der Waals surface area contributed by atoms with Gasteiger partial charge in [-0.25, -0.2) is 4.39 Å². The van der Waals surface area contributed by atoms with Gasteiger partial charge in [0.2, 0.25) is 0 Å². The second-order valence-corrected chi connectivity index (χ2v) is 9.18. The van der Waals surface area contributed by atoms with Crippen LogP contribution in [0.4, 0.5) is 15.8 Å². The zero-order chi connectivity index (χ0) is 23.0. The van der Waals surface area contributed by atoms with Gasteiger partial charge in [0.05, 0.1) is 5.69 Å². The molecule has 0 aliphatic carbocycles. The van der Waals surface area contributed by atoms with Gasteiger partial charge in [-0.15, -0.1) is 0 Å². The van der Waals surface area contributed by atoms with E-state index in [2.05, 4.69) is 15.2 Å². The van der Waals surface area contributed by atoms with E-state index < -0.39 is 6.10 Å². The lowest BCUT2D eigenvalue weighted by molar-refractivity contribution is -0.126. The number of anilines is 2. The Morgan fingerprint density at radius 3 is 2.52 bits per heavy atom. The van der Waals surface area contributed by atoms with Crippen LogP contribution in [-0.4, -0.2) is 61.9 Å². The number of para-hydroxylation sites is 2. The van der Waals surface area contributed by atoms with Crippen LogP contribution in [0.5, 0.6) is 5.75 Å². The third kappa shape index (κ3) is 5.98. The van der Waals surface area contributed by atoms with Crippen molar-refractivity contribution >= 4 is 29.0 Å². The molecular formula is C25H29FN4O2S. The number of halogens is 1. The number of nitriles is 1. The molecule has 2 aromatic rings. The van der Waals surface area contributed by atoms with Gasteiger partial charge in [-0.2, -0.15) is 5.26 Å². The molecule has 0 aromatic heterocycles. The number of nitrogens with zero attached hydrogens (tertiary/aromatic N) is 4. The standard InChI is InChI=1S/C25H29FN4O2S/c26-20-7-9-21(10-8-20)29-16-14-28(15-17-29)12-3-4-13-30-22-5-1-2-6-23(22)32-24(25(30)31)11-18-33-19-27/h1-2,5-10,24H,3-4,11-18H2. The number of amides is 1. The van der Waals surface area contributed by atoms with Crippen molar-refractivity contribution in [3.05, 3.63) is 54.3 Å². The molecule has 0 bridgehead atoms. The van der Waals surface area contributed by atoms with Crippen LogP contribution in [0.2, 0.25) is 0 Å². The van der Waals surface area contributed by atoms with Crippen LogP contribution in [0, 0.1) is 16.5 Å². The number of piperazine rings is 1. The average molecular weight is 469 g/mol. The van der Waals surface area contributed by atoms with Crippen LogP contribution in [-0.2, 0) is 4.79 Å². The van der Waals surface area contributed by atoms with Gasteiger partial charge in [-0.3, -0.25) is 9.69 Å². The van der Waals surface area contributed by atoms with E-state index in [-0.39, 0.29) is 11.7 Å². The SMILES string of the molecule is N#CSCCC1Oc2ccccc2N(CCCCN2CCN(c3ccc(F)cc3)CC2)C1=O. The van der Waals surface area contributed by atoms with Crippen molar-refractivity contribution in [2.45, 2.75) is 25.4 Å². The van der Waals surface area contributed by atoms with Crippen LogP contribution in [0.1, 0.15) is 19.3 Å². The number of rotatable bonds is 9. The fourth-order valence-corrected chi connectivity index (χ4v) is 4.81. The molecule has 33 heavy (non-hydrogen) atoms. The van der Waals surface area contributed by atoms with Crippen molar-refractivity contribution in [1.82, 2.24) is 4.90 Å². The molecule has 1 atom stereocenters. The number of benzene rings is 2. The lowest BCUT2D eigenvalue weighted by Crippen LogP contribution is -2.47. The predicted molar refractivity (Wildman–Crippen MR) is 130 cm³/mol. The lowest BCUT2D eigenvalue weighted by Gasteiger charge is -2.36. The molecular weight excluding hydrogens is 439 g/mol. The summed E-state index contributed by atoms with van der Waals surface area (Å²) in [5.41, 5.74) is 1.91. The zero-order valence-corrected chi connectivity index (χ0v) is 19.5. The van der Waals surface area contributed by atoms with Crippen LogP contribution in [0.15, 0.2) is 48.5 Å². The molecule has 1 saturated heterocycles. The number of ether oxygens (including phenoxy) is 1. The van der Waals surface area contributed by atoms with E-state index in [1.165, 1.54) is 12.1 Å². The molecule has 2 aliphatic heterocycles. The van der Waals surface area contributed by atoms with Gasteiger partial charge in [0, 0.05) is 50.6 Å². The maximum Gasteiger partial charge on any atom is 0.268 e. The Hall–Kier alpha value is -2.76. The highest BCUT2D eigenvalue weighted by Gasteiger charge is 2.33. The van der Waals surface area contributed by atoms with E-state index in [1.54, 1.807) is 0 Å². The van der Waals surface area contributed by atoms with Crippen LogP contribution < -0.4 is 14.5 Å². The maximum absolute atomic E-state index is 13.2. The van der Waals surface area contributed by atoms with Gasteiger partial charge < -0.3 is 14.5 Å². The number of unbranched alkanes of at least 4 members (excludes halogenated alkanes) is 1. The van der Waals surface area contributed by atoms with Crippen LogP contribution in [0.25, 0.3) is 0 Å². The number of hydrogen-bond donors (Lipinski definition) is 0. The molecule has 4 rings (SSSR count). The highest BCUT2D eigenvalue weighted by molar-refractivity contribution is 8.03. The molecule has 0 N–H and O–H groups in total. The fraction of sp³-hybridized carbons (Fsp3) is 0.440. The summed E-state index contributed by atoms with van der Waals surface area (Å²) in [6.07, 6.45) is 1.93. The summed E-state index contributed by atoms with van der Waals surface area (Å²) in [4.78, 5) is 19.6. The first-order chi connectivity index (χ1) is 16.2. The Kier molecular flexibility index (Phi) is 8.08. The van der Waals surface area contributed by atoms with E-state index in [4.69, 9.17) is 10.00 Å². The molecule has 2 aliphatic rings. The van der Waals surface area contributed by atoms with Gasteiger partial charge in [0.25, 0.3) is 5.91 Å². The van der Waals surface area contributed by atoms with Gasteiger partial charge >= 0.3 is 0 Å². The molecule has 6 nitrogen and oxygen atoms in total. The topological polar surface area (TPSA) is 59.8 Å². The highest BCUT2D eigenvalue weighted by atomic mass is 32.2. The number of thioether (sulfide) groups is 1. The summed E-state index contributed by atoms with van der Waals surface area (Å²) in [5.74, 6) is 1.10. The van der Waals surface area contributed by atoms with Gasteiger partial charge in [0.1, 0.15) is 17.0 Å². The summed E-state index contributed by atoms with van der Waals surface area (Å²) in [6, 6.07) is 14.4. The molecule has 1 fully saturated rings. The van der Waals surface area contributed by atoms with Crippen molar-refractivity contribution < 1.29 is 13.9 Å². The van der Waals surface area contributed by atoms with Gasteiger partial charge in [-0.05, 0) is 67.5 Å². The maximum atomic E-state index is 13.2. The second kappa shape index (κ2) is 11.4. The molecule has 1 unspecified atom stereocenters. The largest absolute Gasteiger partial charge is 0.478 e. The monoisotopic (exact) mass is 468 g/mol. The quantitative estimate of drug-likeness (QED) is 0.408. The predicted octanol–water partition coefficient (Wildman–Crippen LogP) is 4.13. The van der Waals surface area contributed by atoms with Crippen molar-refractivity contribution in [2.75, 3.05) is 54.8 Å². The number of thiocyanates is 1. The third-order valence-corrected chi connectivity index (χ3v) is 6.75. The molecule has 0 saturated carbocycles. The Labute approximate surface area is 198 Å². The summed E-state index contributed by atoms with van der Waals surface area (Å²) in [7, 11) is 0. The smallest absolute Gasteiger partial charge is 0.268 e. The molecule has 8 heteroatoms. The summed E-state index contributed by atoms with van der Waals surface area (Å²) < 4.78 is 19.1. The Morgan fingerprint density at radius 1 is 1.03 bits per heavy atom. The van der Waals surface area contributed by atoms with Crippen molar-refractivity contribution in [2.24, 2.45) is 0 Å². The normalized spacial score (nSPS) is 18.5. The summed E-state index contributed by atoms with van der Waals surface area (Å²) in [5, 5.41) is 10.8. The molecule has 2 heterocycles. The minimum absolute atomic E-state index is 0.0137. The van der Waals surface area contributed by atoms with E-state index in [1.807, 2.05) is 41.3 Å². The first kappa shape index (κ1) is 23.4. The highest BCUT2D eigenvalue weighted by Crippen LogP contribution is 2.35. The fourth-order valence-electron chi connectivity index (χ4n) is 4.39. The molecule has 2 aromatic carbocycles. The average Bonchev–Trinajstić information content (AvgIpc) is 2.84. The van der Waals surface area contributed by atoms with Gasteiger partial charge in [-0.1, -0.05) is 12.1 Å². The van der Waals surface area contributed by atoms with E-state index in [0.717, 1.165) is 74.5 Å². The third-order valence-electron chi connectivity index (χ3n) is 6.18. The summed E-state index contributed by atoms with van der Waals surface area (Å²) >= 11 is 1.15. The molecule has 174 valence electrons. The van der Waals surface area contributed by atoms with Crippen molar-refractivity contribution in [1.29, 1.82) is 5.26 Å². The minimum Gasteiger partial charge on any atom is -0.478 e. The number of fused-ring (bicyclic) bond motifs is 1. The Bertz CT molecular complexity index is 973. The number of hydrogen-bond acceptors (Lipinski definition) is 6. The lowest BCUT2D eigenvalue weighted by atomic mass is 10.1. The van der Waals surface area contributed by atoms with Crippen LogP contribution in [0.3, 0.4) is 0 Å². The van der Waals surface area contributed by atoms with Crippen LogP contribution >= 0.6 is 11.8 Å². The molecule has 0 radical (unpaired) electrons. The molecule has 1 amide bonds. The zero-order valence-electron chi connectivity index (χ0n) is 18.7.